The monoisotopic (exact) mass is 242 g/mol. The zero-order valence-electron chi connectivity index (χ0n) is 10.8. The fourth-order valence-electron chi connectivity index (χ4n) is 2.16. The molecule has 0 bridgehead atoms. The standard InChI is InChI=1S/C15H18N2O/c1-3-17(4-2)14-13(16-15(14)18)11-10-12-8-6-5-7-9-12/h5-9,13-14H,3-4H2,1-2H3,(H,16,18)/t13-,14-/m1/s1. The molecule has 0 spiro atoms. The molecule has 1 amide bonds. The number of hydrogen-bond acceptors (Lipinski definition) is 2. The number of β-lactam (4-membered cyclic amide) rings is 1. The summed E-state index contributed by atoms with van der Waals surface area (Å²) in [4.78, 5) is 13.7. The Morgan fingerprint density at radius 1 is 1.22 bits per heavy atom. The molecule has 1 heterocycles. The molecule has 1 fully saturated rings. The number of carbonyl (C=O) groups excluding carboxylic acids is 1. The van der Waals surface area contributed by atoms with Crippen LogP contribution in [0.4, 0.5) is 0 Å². The second-order valence-corrected chi connectivity index (χ2v) is 4.29. The molecule has 3 nitrogen and oxygen atoms in total. The summed E-state index contributed by atoms with van der Waals surface area (Å²) in [5, 5.41) is 2.86. The Morgan fingerprint density at radius 3 is 2.44 bits per heavy atom. The number of benzene rings is 1. The van der Waals surface area contributed by atoms with Crippen LogP contribution in [0.25, 0.3) is 0 Å². The molecule has 1 aromatic rings. The predicted molar refractivity (Wildman–Crippen MR) is 72.0 cm³/mol. The van der Waals surface area contributed by atoms with E-state index in [1.54, 1.807) is 0 Å². The Bertz CT molecular complexity index is 468. The lowest BCUT2D eigenvalue weighted by atomic mass is 9.97. The molecule has 3 heteroatoms. The van der Waals surface area contributed by atoms with E-state index >= 15 is 0 Å². The van der Waals surface area contributed by atoms with Gasteiger partial charge in [0.2, 0.25) is 5.91 Å². The number of hydrogen-bond donors (Lipinski definition) is 1. The van der Waals surface area contributed by atoms with Crippen molar-refractivity contribution in [3.63, 3.8) is 0 Å². The van der Waals surface area contributed by atoms with E-state index in [9.17, 15) is 4.79 Å². The maximum absolute atomic E-state index is 11.6. The molecule has 0 saturated carbocycles. The van der Waals surface area contributed by atoms with Crippen LogP contribution >= 0.6 is 0 Å². The van der Waals surface area contributed by atoms with Crippen molar-refractivity contribution < 1.29 is 4.79 Å². The molecule has 0 radical (unpaired) electrons. The van der Waals surface area contributed by atoms with Crippen molar-refractivity contribution in [1.29, 1.82) is 0 Å². The third-order valence-corrected chi connectivity index (χ3v) is 3.23. The fourth-order valence-corrected chi connectivity index (χ4v) is 2.16. The number of likely N-dealkylation sites (N-methyl/N-ethyl adjacent to an activating group) is 1. The van der Waals surface area contributed by atoms with E-state index in [0.717, 1.165) is 18.7 Å². The third-order valence-electron chi connectivity index (χ3n) is 3.23. The van der Waals surface area contributed by atoms with Crippen molar-refractivity contribution in [3.8, 4) is 11.8 Å². The van der Waals surface area contributed by atoms with Gasteiger partial charge in [0.05, 0.1) is 0 Å². The van der Waals surface area contributed by atoms with Crippen LogP contribution < -0.4 is 5.32 Å². The highest BCUT2D eigenvalue weighted by Gasteiger charge is 2.41. The minimum Gasteiger partial charge on any atom is -0.339 e. The first-order valence-electron chi connectivity index (χ1n) is 6.37. The first kappa shape index (κ1) is 12.7. The van der Waals surface area contributed by atoms with E-state index in [1.165, 1.54) is 0 Å². The maximum atomic E-state index is 11.6. The number of carbonyl (C=O) groups is 1. The molecule has 0 aliphatic carbocycles. The van der Waals surface area contributed by atoms with E-state index in [0.29, 0.717) is 0 Å². The summed E-state index contributed by atoms with van der Waals surface area (Å²) >= 11 is 0. The minimum atomic E-state index is -0.0868. The third kappa shape index (κ3) is 2.55. The second kappa shape index (κ2) is 5.70. The molecule has 0 aromatic heterocycles. The molecule has 1 saturated heterocycles. The van der Waals surface area contributed by atoms with Crippen molar-refractivity contribution in [2.75, 3.05) is 13.1 Å². The van der Waals surface area contributed by atoms with Crippen molar-refractivity contribution in [2.45, 2.75) is 25.9 Å². The first-order valence-corrected chi connectivity index (χ1v) is 6.37. The highest BCUT2D eigenvalue weighted by molar-refractivity contribution is 5.90. The Morgan fingerprint density at radius 2 is 1.89 bits per heavy atom. The average molecular weight is 242 g/mol. The Balaban J connectivity index is 2.07. The lowest BCUT2D eigenvalue weighted by Crippen LogP contribution is -2.68. The van der Waals surface area contributed by atoms with Crippen LogP contribution in [0.1, 0.15) is 19.4 Å². The zero-order chi connectivity index (χ0) is 13.0. The topological polar surface area (TPSA) is 32.3 Å². The van der Waals surface area contributed by atoms with Gasteiger partial charge in [0.25, 0.3) is 0 Å². The first-order chi connectivity index (χ1) is 8.76. The zero-order valence-corrected chi connectivity index (χ0v) is 10.8. The summed E-state index contributed by atoms with van der Waals surface area (Å²) in [6, 6.07) is 9.71. The van der Waals surface area contributed by atoms with Gasteiger partial charge in [-0.3, -0.25) is 9.69 Å². The number of nitrogens with one attached hydrogen (secondary N) is 1. The number of nitrogens with zero attached hydrogens (tertiary/aromatic N) is 1. The van der Waals surface area contributed by atoms with E-state index < -0.39 is 0 Å². The van der Waals surface area contributed by atoms with Crippen molar-refractivity contribution >= 4 is 5.91 Å². The van der Waals surface area contributed by atoms with E-state index in [1.807, 2.05) is 30.3 Å². The van der Waals surface area contributed by atoms with Crippen LogP contribution in [0.2, 0.25) is 0 Å². The van der Waals surface area contributed by atoms with Gasteiger partial charge >= 0.3 is 0 Å². The van der Waals surface area contributed by atoms with Gasteiger partial charge in [-0.05, 0) is 25.2 Å². The molecular weight excluding hydrogens is 224 g/mol. The summed E-state index contributed by atoms with van der Waals surface area (Å²) in [6.07, 6.45) is 0. The highest BCUT2D eigenvalue weighted by Crippen LogP contribution is 2.13. The second-order valence-electron chi connectivity index (χ2n) is 4.29. The summed E-state index contributed by atoms with van der Waals surface area (Å²) in [7, 11) is 0. The fraction of sp³-hybridized carbons (Fsp3) is 0.400. The molecule has 2 atom stereocenters. The molecule has 1 aliphatic heterocycles. The molecule has 1 N–H and O–H groups in total. The van der Waals surface area contributed by atoms with Crippen LogP contribution in [-0.2, 0) is 4.79 Å². The smallest absolute Gasteiger partial charge is 0.241 e. The van der Waals surface area contributed by atoms with Gasteiger partial charge < -0.3 is 5.32 Å². The van der Waals surface area contributed by atoms with Crippen molar-refractivity contribution in [3.05, 3.63) is 35.9 Å². The quantitative estimate of drug-likeness (QED) is 0.639. The molecule has 2 rings (SSSR count). The number of rotatable bonds is 3. The van der Waals surface area contributed by atoms with Gasteiger partial charge in [-0.2, -0.15) is 0 Å². The lowest BCUT2D eigenvalue weighted by molar-refractivity contribution is -0.135. The average Bonchev–Trinajstić information content (AvgIpc) is 2.41. The van der Waals surface area contributed by atoms with Crippen molar-refractivity contribution in [1.82, 2.24) is 10.2 Å². The van der Waals surface area contributed by atoms with Crippen LogP contribution in [0.3, 0.4) is 0 Å². The van der Waals surface area contributed by atoms with Crippen molar-refractivity contribution in [2.24, 2.45) is 0 Å². The van der Waals surface area contributed by atoms with Gasteiger partial charge in [-0.1, -0.05) is 43.9 Å². The molecule has 94 valence electrons. The molecule has 0 unspecified atom stereocenters. The normalized spacial score (nSPS) is 21.8. The van der Waals surface area contributed by atoms with Crippen LogP contribution in [-0.4, -0.2) is 36.0 Å². The van der Waals surface area contributed by atoms with Gasteiger partial charge in [0.15, 0.2) is 0 Å². The van der Waals surface area contributed by atoms with Crippen LogP contribution in [0, 0.1) is 11.8 Å². The van der Waals surface area contributed by atoms with E-state index in [4.69, 9.17) is 0 Å². The molecule has 1 aliphatic rings. The summed E-state index contributed by atoms with van der Waals surface area (Å²) in [5.74, 6) is 6.34. The minimum absolute atomic E-state index is 0.0439. The number of amides is 1. The SMILES string of the molecule is CCN(CC)[C@H]1C(=O)N[C@@H]1C#Cc1ccccc1. The Labute approximate surface area is 108 Å². The summed E-state index contributed by atoms with van der Waals surface area (Å²) < 4.78 is 0. The molecule has 1 aromatic carbocycles. The van der Waals surface area contributed by atoms with E-state index in [-0.39, 0.29) is 18.0 Å². The van der Waals surface area contributed by atoms with Gasteiger partial charge in [-0.25, -0.2) is 0 Å². The van der Waals surface area contributed by atoms with Crippen LogP contribution in [0.15, 0.2) is 30.3 Å². The van der Waals surface area contributed by atoms with Crippen LogP contribution in [0.5, 0.6) is 0 Å². The Hall–Kier alpha value is -1.79. The largest absolute Gasteiger partial charge is 0.339 e. The Kier molecular flexibility index (Phi) is 4.01. The highest BCUT2D eigenvalue weighted by atomic mass is 16.2. The summed E-state index contributed by atoms with van der Waals surface area (Å²) in [5.41, 5.74) is 0.983. The molecular formula is C15H18N2O. The van der Waals surface area contributed by atoms with Gasteiger partial charge in [-0.15, -0.1) is 0 Å². The maximum Gasteiger partial charge on any atom is 0.241 e. The summed E-state index contributed by atoms with van der Waals surface area (Å²) in [6.45, 7) is 5.88. The van der Waals surface area contributed by atoms with Gasteiger partial charge in [0, 0.05) is 5.56 Å². The molecule has 18 heavy (non-hydrogen) atoms. The predicted octanol–water partition coefficient (Wildman–Crippen LogP) is 1.25. The lowest BCUT2D eigenvalue weighted by Gasteiger charge is -2.40. The van der Waals surface area contributed by atoms with Gasteiger partial charge in [0.1, 0.15) is 12.1 Å². The van der Waals surface area contributed by atoms with E-state index in [2.05, 4.69) is 35.9 Å².